The number of hydrogen-bond donors (Lipinski definition) is 0. The second-order valence-corrected chi connectivity index (χ2v) is 4.99. The van der Waals surface area contributed by atoms with Gasteiger partial charge in [0.25, 0.3) is 5.88 Å². The number of para-hydroxylation sites is 2. The Balaban J connectivity index is 2.02. The highest BCUT2D eigenvalue weighted by Crippen LogP contribution is 2.37. The number of pyridine rings is 1. The van der Waals surface area contributed by atoms with E-state index in [9.17, 15) is 13.2 Å². The zero-order valence-electron chi connectivity index (χ0n) is 11.5. The van der Waals surface area contributed by atoms with Gasteiger partial charge in [0.15, 0.2) is 5.15 Å². The zero-order valence-corrected chi connectivity index (χ0v) is 12.2. The maximum atomic E-state index is 13.3. The minimum absolute atomic E-state index is 0.147. The Kier molecular flexibility index (Phi) is 4.04. The molecule has 0 fully saturated rings. The summed E-state index contributed by atoms with van der Waals surface area (Å²) in [7, 11) is 0. The van der Waals surface area contributed by atoms with Crippen molar-refractivity contribution in [3.63, 3.8) is 0 Å². The predicted octanol–water partition coefficient (Wildman–Crippen LogP) is 4.36. The number of halogens is 4. The molecule has 3 aromatic rings. The van der Waals surface area contributed by atoms with Crippen molar-refractivity contribution in [2.75, 3.05) is 0 Å². The van der Waals surface area contributed by atoms with Crippen molar-refractivity contribution < 1.29 is 17.9 Å². The first-order chi connectivity index (χ1) is 10.9. The van der Waals surface area contributed by atoms with Gasteiger partial charge in [-0.05, 0) is 18.2 Å². The highest BCUT2D eigenvalue weighted by Gasteiger charge is 2.44. The lowest BCUT2D eigenvalue weighted by atomic mass is 10.1. The monoisotopic (exact) mass is 339 g/mol. The zero-order chi connectivity index (χ0) is 16.4. The molecule has 0 aliphatic rings. The number of hydrogen-bond acceptors (Lipinski definition) is 4. The van der Waals surface area contributed by atoms with Crippen molar-refractivity contribution >= 4 is 22.6 Å². The van der Waals surface area contributed by atoms with E-state index >= 15 is 0 Å². The molecule has 0 N–H and O–H groups in total. The van der Waals surface area contributed by atoms with Gasteiger partial charge >= 0.3 is 6.18 Å². The number of alkyl halides is 3. The van der Waals surface area contributed by atoms with Crippen LogP contribution < -0.4 is 4.74 Å². The number of benzene rings is 1. The molecule has 3 rings (SSSR count). The first-order valence-electron chi connectivity index (χ1n) is 6.51. The molecule has 4 nitrogen and oxygen atoms in total. The molecular formula is C15H9ClF3N3O. The van der Waals surface area contributed by atoms with E-state index in [4.69, 9.17) is 16.3 Å². The second-order valence-electron chi connectivity index (χ2n) is 4.63. The molecule has 23 heavy (non-hydrogen) atoms. The minimum Gasteiger partial charge on any atom is -0.457 e. The van der Waals surface area contributed by atoms with Gasteiger partial charge in [-0.25, -0.2) is 9.97 Å². The largest absolute Gasteiger partial charge is 0.457 e. The highest BCUT2D eigenvalue weighted by molar-refractivity contribution is 6.31. The fourth-order valence-electron chi connectivity index (χ4n) is 2.00. The van der Waals surface area contributed by atoms with Crippen LogP contribution in [0.3, 0.4) is 0 Å². The summed E-state index contributed by atoms with van der Waals surface area (Å²) in [5.41, 5.74) is 0.708. The van der Waals surface area contributed by atoms with Crippen LogP contribution in [0, 0.1) is 0 Å². The molecule has 2 heterocycles. The van der Waals surface area contributed by atoms with Crippen LogP contribution in [0.1, 0.15) is 11.7 Å². The molecule has 0 saturated carbocycles. The summed E-state index contributed by atoms with van der Waals surface area (Å²) in [5, 5.41) is -0.234. The average Bonchev–Trinajstić information content (AvgIpc) is 2.52. The fraction of sp³-hybridized carbons (Fsp3) is 0.133. The van der Waals surface area contributed by atoms with Crippen molar-refractivity contribution in [3.8, 4) is 5.88 Å². The van der Waals surface area contributed by atoms with Crippen molar-refractivity contribution in [3.05, 3.63) is 59.5 Å². The van der Waals surface area contributed by atoms with Crippen LogP contribution in [0.15, 0.2) is 48.8 Å². The van der Waals surface area contributed by atoms with E-state index in [2.05, 4.69) is 15.0 Å². The van der Waals surface area contributed by atoms with Gasteiger partial charge in [0.1, 0.15) is 0 Å². The Hall–Kier alpha value is -2.41. The molecular weight excluding hydrogens is 331 g/mol. The van der Waals surface area contributed by atoms with Gasteiger partial charge in [0.2, 0.25) is 6.10 Å². The summed E-state index contributed by atoms with van der Waals surface area (Å²) in [4.78, 5) is 11.7. The van der Waals surface area contributed by atoms with Crippen LogP contribution in [0.4, 0.5) is 13.2 Å². The summed E-state index contributed by atoms with van der Waals surface area (Å²) < 4.78 is 44.9. The van der Waals surface area contributed by atoms with Gasteiger partial charge in [0, 0.05) is 18.0 Å². The molecule has 0 radical (unpaired) electrons. The lowest BCUT2D eigenvalue weighted by molar-refractivity contribution is -0.198. The molecule has 1 atom stereocenters. The van der Waals surface area contributed by atoms with E-state index in [-0.39, 0.29) is 16.6 Å². The lowest BCUT2D eigenvalue weighted by Gasteiger charge is -2.21. The second kappa shape index (κ2) is 6.00. The SMILES string of the molecule is FC(F)(F)C(Oc1nc2ccccc2nc1Cl)c1cccnc1. The van der Waals surface area contributed by atoms with Crippen LogP contribution in [0.25, 0.3) is 11.0 Å². The molecule has 1 unspecified atom stereocenters. The Morgan fingerprint density at radius 3 is 2.30 bits per heavy atom. The summed E-state index contributed by atoms with van der Waals surface area (Å²) in [6, 6.07) is 9.34. The molecule has 1 aromatic carbocycles. The molecule has 0 bridgehead atoms. The first-order valence-corrected chi connectivity index (χ1v) is 6.88. The van der Waals surface area contributed by atoms with E-state index in [1.165, 1.54) is 18.3 Å². The molecule has 0 spiro atoms. The Bertz CT molecular complexity index is 827. The quantitative estimate of drug-likeness (QED) is 0.711. The number of ether oxygens (including phenoxy) is 1. The normalized spacial score (nSPS) is 13.0. The van der Waals surface area contributed by atoms with Gasteiger partial charge < -0.3 is 4.74 Å². The molecule has 0 aliphatic heterocycles. The summed E-state index contributed by atoms with van der Waals surface area (Å²) in [6.07, 6.45) is -4.43. The third-order valence-corrected chi connectivity index (χ3v) is 3.26. The van der Waals surface area contributed by atoms with Crippen LogP contribution >= 0.6 is 11.6 Å². The van der Waals surface area contributed by atoms with Crippen LogP contribution in [-0.4, -0.2) is 21.1 Å². The molecule has 0 amide bonds. The maximum Gasteiger partial charge on any atom is 0.429 e. The van der Waals surface area contributed by atoms with Crippen molar-refractivity contribution in [1.82, 2.24) is 15.0 Å². The summed E-state index contributed by atoms with van der Waals surface area (Å²) >= 11 is 5.90. The van der Waals surface area contributed by atoms with E-state index in [0.717, 1.165) is 6.20 Å². The fourth-order valence-corrected chi connectivity index (χ4v) is 2.18. The summed E-state index contributed by atoms with van der Waals surface area (Å²) in [6.45, 7) is 0. The average molecular weight is 340 g/mol. The van der Waals surface area contributed by atoms with Crippen LogP contribution in [0.5, 0.6) is 5.88 Å². The first kappa shape index (κ1) is 15.5. The van der Waals surface area contributed by atoms with Gasteiger partial charge in [-0.3, -0.25) is 4.98 Å². The molecule has 8 heteroatoms. The van der Waals surface area contributed by atoms with E-state index in [0.29, 0.717) is 11.0 Å². The van der Waals surface area contributed by atoms with Gasteiger partial charge in [-0.2, -0.15) is 13.2 Å². The van der Waals surface area contributed by atoms with E-state index in [1.807, 2.05) is 0 Å². The highest BCUT2D eigenvalue weighted by atomic mass is 35.5. The van der Waals surface area contributed by atoms with Crippen molar-refractivity contribution in [2.24, 2.45) is 0 Å². The van der Waals surface area contributed by atoms with Crippen LogP contribution in [0.2, 0.25) is 5.15 Å². The topological polar surface area (TPSA) is 47.9 Å². The Morgan fingerprint density at radius 1 is 1.00 bits per heavy atom. The molecule has 0 saturated heterocycles. The number of nitrogens with zero attached hydrogens (tertiary/aromatic N) is 3. The van der Waals surface area contributed by atoms with Gasteiger partial charge in [0.05, 0.1) is 11.0 Å². The molecule has 0 aliphatic carbocycles. The number of rotatable bonds is 3. The summed E-state index contributed by atoms with van der Waals surface area (Å²) in [5.74, 6) is -0.378. The Labute approximate surface area is 133 Å². The van der Waals surface area contributed by atoms with E-state index in [1.54, 1.807) is 24.3 Å². The smallest absolute Gasteiger partial charge is 0.429 e. The standard InChI is InChI=1S/C15H9ClF3N3O/c16-13-14(22-11-6-2-1-5-10(11)21-13)23-12(15(17,18)19)9-4-3-7-20-8-9/h1-8,12H. The van der Waals surface area contributed by atoms with Crippen molar-refractivity contribution in [1.29, 1.82) is 0 Å². The molecule has 118 valence electrons. The minimum atomic E-state index is -4.65. The van der Waals surface area contributed by atoms with Gasteiger partial charge in [-0.1, -0.05) is 29.8 Å². The number of aromatic nitrogens is 3. The predicted molar refractivity (Wildman–Crippen MR) is 78.2 cm³/mol. The lowest BCUT2D eigenvalue weighted by Crippen LogP contribution is -2.26. The van der Waals surface area contributed by atoms with E-state index < -0.39 is 12.3 Å². The molecule has 2 aromatic heterocycles. The third kappa shape index (κ3) is 3.34. The third-order valence-electron chi connectivity index (χ3n) is 3.01. The van der Waals surface area contributed by atoms with Gasteiger partial charge in [-0.15, -0.1) is 0 Å². The van der Waals surface area contributed by atoms with Crippen molar-refractivity contribution in [2.45, 2.75) is 12.3 Å². The van der Waals surface area contributed by atoms with Crippen LogP contribution in [-0.2, 0) is 0 Å². The Morgan fingerprint density at radius 2 is 1.70 bits per heavy atom. The maximum absolute atomic E-state index is 13.3. The number of fused-ring (bicyclic) bond motifs is 1.